The second-order valence-corrected chi connectivity index (χ2v) is 6.80. The molecule has 2 heterocycles. The van der Waals surface area contributed by atoms with Crippen LogP contribution >= 0.6 is 0 Å². The van der Waals surface area contributed by atoms with Gasteiger partial charge in [0.1, 0.15) is 23.9 Å². The molecule has 0 atom stereocenters. The van der Waals surface area contributed by atoms with Gasteiger partial charge in [0.25, 0.3) is 5.89 Å². The van der Waals surface area contributed by atoms with Gasteiger partial charge in [0.05, 0.1) is 12.1 Å². The lowest BCUT2D eigenvalue weighted by molar-refractivity contribution is -0.130. The lowest BCUT2D eigenvalue weighted by Gasteiger charge is -2.17. The molecule has 7 heteroatoms. The number of rotatable bonds is 8. The van der Waals surface area contributed by atoms with Gasteiger partial charge < -0.3 is 18.5 Å². The number of likely N-dealkylation sites (N-methyl/N-ethyl adjacent to an activating group) is 1. The molecule has 0 radical (unpaired) electrons. The monoisotopic (exact) mass is 383 g/mol. The number of carbonyl (C=O) groups is 1. The summed E-state index contributed by atoms with van der Waals surface area (Å²) >= 11 is 0. The Morgan fingerprint density at radius 2 is 1.86 bits per heavy atom. The first-order chi connectivity index (χ1) is 13.4. The zero-order valence-corrected chi connectivity index (χ0v) is 16.7. The van der Waals surface area contributed by atoms with E-state index in [1.165, 1.54) is 5.56 Å². The summed E-state index contributed by atoms with van der Waals surface area (Å²) in [7, 11) is 1.76. The zero-order chi connectivity index (χ0) is 20.1. The molecule has 0 saturated heterocycles. The minimum absolute atomic E-state index is 0.00240. The van der Waals surface area contributed by atoms with Crippen LogP contribution in [0.2, 0.25) is 0 Å². The summed E-state index contributed by atoms with van der Waals surface area (Å²) in [6, 6.07) is 9.70. The van der Waals surface area contributed by atoms with E-state index >= 15 is 0 Å². The maximum absolute atomic E-state index is 12.3. The third kappa shape index (κ3) is 5.00. The Bertz CT molecular complexity index is 928. The van der Waals surface area contributed by atoms with Gasteiger partial charge in [-0.05, 0) is 39.0 Å². The van der Waals surface area contributed by atoms with Crippen LogP contribution in [0.1, 0.15) is 29.4 Å². The van der Waals surface area contributed by atoms with E-state index in [0.29, 0.717) is 37.8 Å². The van der Waals surface area contributed by atoms with Gasteiger partial charge in [-0.25, -0.2) is 0 Å². The normalized spacial score (nSPS) is 10.9. The first kappa shape index (κ1) is 19.7. The molecule has 1 aromatic carbocycles. The van der Waals surface area contributed by atoms with Gasteiger partial charge in [-0.2, -0.15) is 0 Å². The Kier molecular flexibility index (Phi) is 6.13. The van der Waals surface area contributed by atoms with E-state index in [1.54, 1.807) is 11.9 Å². The van der Waals surface area contributed by atoms with Crippen molar-refractivity contribution in [2.75, 3.05) is 20.2 Å². The van der Waals surface area contributed by atoms with Crippen LogP contribution in [-0.2, 0) is 11.2 Å². The van der Waals surface area contributed by atoms with Crippen molar-refractivity contribution in [3.8, 4) is 17.2 Å². The van der Waals surface area contributed by atoms with Crippen molar-refractivity contribution < 1.29 is 18.4 Å². The molecule has 7 nitrogen and oxygen atoms in total. The van der Waals surface area contributed by atoms with Gasteiger partial charge in [-0.15, -0.1) is 10.2 Å². The van der Waals surface area contributed by atoms with Crippen LogP contribution < -0.4 is 4.74 Å². The molecular formula is C21H25N3O4. The number of hydrogen-bond acceptors (Lipinski definition) is 6. The van der Waals surface area contributed by atoms with Gasteiger partial charge in [0, 0.05) is 19.9 Å². The molecule has 0 aliphatic heterocycles. The first-order valence-corrected chi connectivity index (χ1v) is 9.25. The van der Waals surface area contributed by atoms with Gasteiger partial charge in [-0.1, -0.05) is 17.7 Å². The molecule has 148 valence electrons. The topological polar surface area (TPSA) is 81.6 Å². The van der Waals surface area contributed by atoms with Crippen LogP contribution in [0.5, 0.6) is 5.75 Å². The summed E-state index contributed by atoms with van der Waals surface area (Å²) in [4.78, 5) is 14.0. The average Bonchev–Trinajstić information content (AvgIpc) is 3.27. The van der Waals surface area contributed by atoms with E-state index < -0.39 is 0 Å². The quantitative estimate of drug-likeness (QED) is 0.590. The Balaban J connectivity index is 1.44. The molecule has 0 fully saturated rings. The molecule has 3 rings (SSSR count). The van der Waals surface area contributed by atoms with E-state index in [2.05, 4.69) is 10.2 Å². The van der Waals surface area contributed by atoms with Crippen molar-refractivity contribution in [2.24, 2.45) is 0 Å². The molecule has 2 aromatic heterocycles. The summed E-state index contributed by atoms with van der Waals surface area (Å²) in [5.41, 5.74) is 1.97. The van der Waals surface area contributed by atoms with E-state index in [4.69, 9.17) is 13.6 Å². The number of benzene rings is 1. The van der Waals surface area contributed by atoms with Crippen molar-refractivity contribution in [3.05, 3.63) is 53.3 Å². The SMILES string of the molecule is Cc1ccc(OCCN(C)C(=O)CCc2nnc(-c3cc(C)oc3C)o2)cc1. The number of carbonyl (C=O) groups excluding carboxylic acids is 1. The van der Waals surface area contributed by atoms with Crippen LogP contribution in [0.25, 0.3) is 11.5 Å². The number of amides is 1. The molecule has 3 aromatic rings. The molecule has 0 spiro atoms. The molecule has 0 unspecified atom stereocenters. The largest absolute Gasteiger partial charge is 0.492 e. The predicted octanol–water partition coefficient (Wildman–Crippen LogP) is 3.72. The lowest BCUT2D eigenvalue weighted by Crippen LogP contribution is -2.31. The minimum atomic E-state index is 0.00240. The van der Waals surface area contributed by atoms with Crippen molar-refractivity contribution in [3.63, 3.8) is 0 Å². The Hall–Kier alpha value is -3.09. The van der Waals surface area contributed by atoms with Crippen LogP contribution in [0, 0.1) is 20.8 Å². The van der Waals surface area contributed by atoms with Crippen molar-refractivity contribution in [2.45, 2.75) is 33.6 Å². The third-order valence-electron chi connectivity index (χ3n) is 4.43. The lowest BCUT2D eigenvalue weighted by atomic mass is 10.2. The standard InChI is InChI=1S/C21H25N3O4/c1-14-5-7-17(8-6-14)26-12-11-24(4)20(25)10-9-19-22-23-21(28-19)18-13-15(2)27-16(18)3/h5-8,13H,9-12H2,1-4H3. The molecule has 0 aliphatic rings. The number of aromatic nitrogens is 2. The summed E-state index contributed by atoms with van der Waals surface area (Å²) in [5.74, 6) is 3.17. The summed E-state index contributed by atoms with van der Waals surface area (Å²) in [6.07, 6.45) is 0.691. The van der Waals surface area contributed by atoms with Crippen LogP contribution in [0.15, 0.2) is 39.2 Å². The van der Waals surface area contributed by atoms with Gasteiger partial charge >= 0.3 is 0 Å². The van der Waals surface area contributed by atoms with Gasteiger partial charge in [0.15, 0.2) is 0 Å². The van der Waals surface area contributed by atoms with E-state index in [9.17, 15) is 4.79 Å². The van der Waals surface area contributed by atoms with Crippen LogP contribution in [0.4, 0.5) is 0 Å². The summed E-state index contributed by atoms with van der Waals surface area (Å²) in [5, 5.41) is 8.08. The number of hydrogen-bond donors (Lipinski definition) is 0. The predicted molar refractivity (Wildman–Crippen MR) is 104 cm³/mol. The first-order valence-electron chi connectivity index (χ1n) is 9.25. The van der Waals surface area contributed by atoms with Crippen LogP contribution in [0.3, 0.4) is 0 Å². The van der Waals surface area contributed by atoms with E-state index in [1.807, 2.05) is 51.1 Å². The Morgan fingerprint density at radius 1 is 1.11 bits per heavy atom. The van der Waals surface area contributed by atoms with Crippen molar-refractivity contribution >= 4 is 5.91 Å². The summed E-state index contributed by atoms with van der Waals surface area (Å²) < 4.78 is 16.8. The molecule has 0 N–H and O–H groups in total. The fourth-order valence-electron chi connectivity index (χ4n) is 2.77. The number of nitrogens with zero attached hydrogens (tertiary/aromatic N) is 3. The van der Waals surface area contributed by atoms with Crippen LogP contribution in [-0.4, -0.2) is 41.2 Å². The fourth-order valence-corrected chi connectivity index (χ4v) is 2.77. The molecular weight excluding hydrogens is 358 g/mol. The zero-order valence-electron chi connectivity index (χ0n) is 16.7. The highest BCUT2D eigenvalue weighted by atomic mass is 16.5. The molecule has 0 saturated carbocycles. The number of ether oxygens (including phenoxy) is 1. The minimum Gasteiger partial charge on any atom is -0.492 e. The number of furan rings is 1. The van der Waals surface area contributed by atoms with Gasteiger partial charge in [0.2, 0.25) is 11.8 Å². The maximum Gasteiger partial charge on any atom is 0.251 e. The highest BCUT2D eigenvalue weighted by molar-refractivity contribution is 5.76. The fraction of sp³-hybridized carbons (Fsp3) is 0.381. The Labute approximate surface area is 164 Å². The second-order valence-electron chi connectivity index (χ2n) is 6.80. The average molecular weight is 383 g/mol. The van der Waals surface area contributed by atoms with E-state index in [-0.39, 0.29) is 5.91 Å². The molecule has 0 aliphatic carbocycles. The summed E-state index contributed by atoms with van der Waals surface area (Å²) in [6.45, 7) is 6.69. The third-order valence-corrected chi connectivity index (χ3v) is 4.43. The number of aryl methyl sites for hydroxylation is 4. The van der Waals surface area contributed by atoms with E-state index in [0.717, 1.165) is 22.8 Å². The van der Waals surface area contributed by atoms with Gasteiger partial charge in [-0.3, -0.25) is 4.79 Å². The maximum atomic E-state index is 12.3. The highest BCUT2D eigenvalue weighted by Gasteiger charge is 2.16. The highest BCUT2D eigenvalue weighted by Crippen LogP contribution is 2.25. The molecule has 28 heavy (non-hydrogen) atoms. The Morgan fingerprint density at radius 3 is 2.54 bits per heavy atom. The molecule has 0 bridgehead atoms. The smallest absolute Gasteiger partial charge is 0.251 e. The molecule has 1 amide bonds. The second kappa shape index (κ2) is 8.73. The van der Waals surface area contributed by atoms with Crippen molar-refractivity contribution in [1.29, 1.82) is 0 Å². The van der Waals surface area contributed by atoms with Crippen molar-refractivity contribution in [1.82, 2.24) is 15.1 Å².